The fourth-order valence-corrected chi connectivity index (χ4v) is 2.05. The molecule has 0 aliphatic rings. The molecule has 0 fully saturated rings. The normalized spacial score (nSPS) is 13.1. The molecule has 1 rings (SSSR count). The minimum atomic E-state index is -1.06. The van der Waals surface area contributed by atoms with E-state index in [0.717, 1.165) is 0 Å². The molecule has 6 nitrogen and oxygen atoms in total. The van der Waals surface area contributed by atoms with Gasteiger partial charge < -0.3 is 15.7 Å². The van der Waals surface area contributed by atoms with Crippen molar-refractivity contribution in [2.75, 3.05) is 5.32 Å². The molecule has 0 bridgehead atoms. The van der Waals surface area contributed by atoms with E-state index in [-0.39, 0.29) is 11.8 Å². The zero-order valence-corrected chi connectivity index (χ0v) is 13.3. The van der Waals surface area contributed by atoms with Crippen LogP contribution in [0.3, 0.4) is 0 Å². The maximum Gasteiger partial charge on any atom is 0.326 e. The summed E-state index contributed by atoms with van der Waals surface area (Å²) in [5.41, 5.74) is 1.55. The molecular formula is C16H22N2O4. The smallest absolute Gasteiger partial charge is 0.326 e. The van der Waals surface area contributed by atoms with Gasteiger partial charge in [0, 0.05) is 18.2 Å². The van der Waals surface area contributed by atoms with Crippen LogP contribution in [-0.4, -0.2) is 28.9 Å². The quantitative estimate of drug-likeness (QED) is 0.750. The Bertz CT molecular complexity index is 584. The number of hydrogen-bond donors (Lipinski definition) is 3. The van der Waals surface area contributed by atoms with Gasteiger partial charge in [-0.25, -0.2) is 4.79 Å². The van der Waals surface area contributed by atoms with Crippen molar-refractivity contribution < 1.29 is 19.5 Å². The number of carbonyl (C=O) groups excluding carboxylic acids is 2. The number of benzene rings is 1. The summed E-state index contributed by atoms with van der Waals surface area (Å²) >= 11 is 0. The van der Waals surface area contributed by atoms with Crippen molar-refractivity contribution in [3.05, 3.63) is 29.3 Å². The molecule has 0 aromatic heterocycles. The Balaban J connectivity index is 3.01. The molecule has 0 radical (unpaired) electrons. The van der Waals surface area contributed by atoms with E-state index in [0.29, 0.717) is 23.2 Å². The average molecular weight is 306 g/mol. The van der Waals surface area contributed by atoms with Gasteiger partial charge in [0.25, 0.3) is 5.91 Å². The number of carboxylic acids is 1. The topological polar surface area (TPSA) is 95.5 Å². The molecule has 3 N–H and O–H groups in total. The Morgan fingerprint density at radius 3 is 2.41 bits per heavy atom. The van der Waals surface area contributed by atoms with E-state index in [1.165, 1.54) is 6.92 Å². The fourth-order valence-electron chi connectivity index (χ4n) is 2.05. The van der Waals surface area contributed by atoms with E-state index < -0.39 is 17.9 Å². The number of amides is 2. The molecule has 0 saturated heterocycles. The predicted molar refractivity (Wildman–Crippen MR) is 83.8 cm³/mol. The summed E-state index contributed by atoms with van der Waals surface area (Å²) < 4.78 is 0. The predicted octanol–water partition coefficient (Wildman–Crippen LogP) is 2.18. The summed E-state index contributed by atoms with van der Waals surface area (Å²) in [5.74, 6) is -1.94. The number of carboxylic acid groups (broad SMARTS) is 1. The van der Waals surface area contributed by atoms with E-state index in [1.807, 2.05) is 6.92 Å². The lowest BCUT2D eigenvalue weighted by molar-refractivity contribution is -0.140. The molecule has 2 atom stereocenters. The van der Waals surface area contributed by atoms with E-state index in [2.05, 4.69) is 10.6 Å². The molecule has 0 saturated carbocycles. The molecule has 1 aromatic rings. The average Bonchev–Trinajstić information content (AvgIpc) is 2.44. The second-order valence-corrected chi connectivity index (χ2v) is 5.39. The maximum atomic E-state index is 12.4. The van der Waals surface area contributed by atoms with Gasteiger partial charge in [-0.2, -0.15) is 0 Å². The molecule has 0 aliphatic heterocycles. The minimum Gasteiger partial charge on any atom is -0.480 e. The highest BCUT2D eigenvalue weighted by molar-refractivity contribution is 5.99. The lowest BCUT2D eigenvalue weighted by atomic mass is 9.98. The van der Waals surface area contributed by atoms with Crippen LogP contribution in [0, 0.1) is 12.8 Å². The van der Waals surface area contributed by atoms with Crippen LogP contribution < -0.4 is 10.6 Å². The minimum absolute atomic E-state index is 0.180. The summed E-state index contributed by atoms with van der Waals surface area (Å²) in [7, 11) is 0. The molecule has 0 spiro atoms. The van der Waals surface area contributed by atoms with Crippen LogP contribution in [0.4, 0.5) is 5.69 Å². The highest BCUT2D eigenvalue weighted by Gasteiger charge is 2.26. The molecule has 1 aromatic carbocycles. The van der Waals surface area contributed by atoms with Gasteiger partial charge >= 0.3 is 5.97 Å². The van der Waals surface area contributed by atoms with Crippen LogP contribution >= 0.6 is 0 Å². The maximum absolute atomic E-state index is 12.4. The number of rotatable bonds is 6. The SMILES string of the molecule is CC[C@H](C)[C@H](NC(=O)c1cc(NC(C)=O)ccc1C)C(=O)O. The fraction of sp³-hybridized carbons (Fsp3) is 0.438. The van der Waals surface area contributed by atoms with E-state index in [4.69, 9.17) is 0 Å². The summed E-state index contributed by atoms with van der Waals surface area (Å²) in [6.07, 6.45) is 0.641. The van der Waals surface area contributed by atoms with Crippen LogP contribution in [0.2, 0.25) is 0 Å². The highest BCUT2D eigenvalue weighted by atomic mass is 16.4. The first-order valence-electron chi connectivity index (χ1n) is 7.18. The largest absolute Gasteiger partial charge is 0.480 e. The number of anilines is 1. The zero-order valence-electron chi connectivity index (χ0n) is 13.3. The lowest BCUT2D eigenvalue weighted by Crippen LogP contribution is -2.45. The van der Waals surface area contributed by atoms with Gasteiger partial charge in [0.15, 0.2) is 0 Å². The molecular weight excluding hydrogens is 284 g/mol. The van der Waals surface area contributed by atoms with Crippen LogP contribution in [-0.2, 0) is 9.59 Å². The zero-order chi connectivity index (χ0) is 16.9. The highest BCUT2D eigenvalue weighted by Crippen LogP contribution is 2.17. The van der Waals surface area contributed by atoms with Gasteiger partial charge in [0.1, 0.15) is 6.04 Å². The van der Waals surface area contributed by atoms with Gasteiger partial charge in [-0.05, 0) is 30.5 Å². The number of aliphatic carboxylic acids is 1. The van der Waals surface area contributed by atoms with Crippen molar-refractivity contribution >= 4 is 23.5 Å². The number of carbonyl (C=O) groups is 3. The molecule has 2 amide bonds. The van der Waals surface area contributed by atoms with Gasteiger partial charge in [-0.3, -0.25) is 9.59 Å². The molecule has 22 heavy (non-hydrogen) atoms. The van der Waals surface area contributed by atoms with Crippen LogP contribution in [0.5, 0.6) is 0 Å². The Hall–Kier alpha value is -2.37. The first kappa shape index (κ1) is 17.7. The van der Waals surface area contributed by atoms with Crippen molar-refractivity contribution in [2.24, 2.45) is 5.92 Å². The lowest BCUT2D eigenvalue weighted by Gasteiger charge is -2.20. The van der Waals surface area contributed by atoms with Crippen LogP contribution in [0.25, 0.3) is 0 Å². The van der Waals surface area contributed by atoms with E-state index >= 15 is 0 Å². The van der Waals surface area contributed by atoms with Crippen molar-refractivity contribution in [1.29, 1.82) is 0 Å². The summed E-state index contributed by atoms with van der Waals surface area (Å²) in [6.45, 7) is 6.78. The standard InChI is InChI=1S/C16H22N2O4/c1-5-9(2)14(16(21)22)18-15(20)13-8-12(17-11(4)19)7-6-10(13)3/h6-9,14H,5H2,1-4H3,(H,17,19)(H,18,20)(H,21,22)/t9-,14-/m0/s1. The van der Waals surface area contributed by atoms with Crippen molar-refractivity contribution in [3.63, 3.8) is 0 Å². The Morgan fingerprint density at radius 1 is 1.27 bits per heavy atom. The first-order chi connectivity index (χ1) is 10.3. The molecule has 120 valence electrons. The third kappa shape index (κ3) is 4.58. The van der Waals surface area contributed by atoms with E-state index in [9.17, 15) is 19.5 Å². The van der Waals surface area contributed by atoms with Crippen LogP contribution in [0.1, 0.15) is 43.1 Å². The number of nitrogens with one attached hydrogen (secondary N) is 2. The summed E-state index contributed by atoms with van der Waals surface area (Å²) in [6, 6.07) is 4.00. The monoisotopic (exact) mass is 306 g/mol. The Labute approximate surface area is 129 Å². The molecule has 0 aliphatic carbocycles. The second-order valence-electron chi connectivity index (χ2n) is 5.39. The van der Waals surface area contributed by atoms with Crippen molar-refractivity contribution in [3.8, 4) is 0 Å². The number of hydrogen-bond acceptors (Lipinski definition) is 3. The van der Waals surface area contributed by atoms with Crippen LogP contribution in [0.15, 0.2) is 18.2 Å². The molecule has 0 heterocycles. The van der Waals surface area contributed by atoms with Gasteiger partial charge in [-0.1, -0.05) is 26.3 Å². The molecule has 6 heteroatoms. The van der Waals surface area contributed by atoms with Gasteiger partial charge in [-0.15, -0.1) is 0 Å². The summed E-state index contributed by atoms with van der Waals surface area (Å²) in [5, 5.41) is 14.4. The summed E-state index contributed by atoms with van der Waals surface area (Å²) in [4.78, 5) is 34.7. The van der Waals surface area contributed by atoms with Gasteiger partial charge in [0.2, 0.25) is 5.91 Å². The van der Waals surface area contributed by atoms with Crippen molar-refractivity contribution in [1.82, 2.24) is 5.32 Å². The Kier molecular flexibility index (Phi) is 6.10. The Morgan fingerprint density at radius 2 is 1.91 bits per heavy atom. The third-order valence-electron chi connectivity index (χ3n) is 3.57. The second kappa shape index (κ2) is 7.59. The van der Waals surface area contributed by atoms with Crippen molar-refractivity contribution in [2.45, 2.75) is 40.2 Å². The first-order valence-corrected chi connectivity index (χ1v) is 7.18. The third-order valence-corrected chi connectivity index (χ3v) is 3.57. The van der Waals surface area contributed by atoms with Gasteiger partial charge in [0.05, 0.1) is 0 Å². The molecule has 0 unspecified atom stereocenters. The number of aryl methyl sites for hydroxylation is 1. The van der Waals surface area contributed by atoms with E-state index in [1.54, 1.807) is 32.0 Å².